The summed E-state index contributed by atoms with van der Waals surface area (Å²) in [5, 5.41) is 3.07. The Hall–Kier alpha value is 0.660. The quantitative estimate of drug-likeness (QED) is 0.462. The van der Waals surface area contributed by atoms with E-state index in [1.165, 1.54) is 5.75 Å². The van der Waals surface area contributed by atoms with E-state index in [2.05, 4.69) is 11.6 Å². The first-order chi connectivity index (χ1) is 3.41. The zero-order valence-corrected chi connectivity index (χ0v) is 6.36. The molecular formula is C4H11NS2. The van der Waals surface area contributed by atoms with Gasteiger partial charge >= 0.3 is 0 Å². The Balaban J connectivity index is 2.45. The highest BCUT2D eigenvalue weighted by Crippen LogP contribution is 2.14. The summed E-state index contributed by atoms with van der Waals surface area (Å²) in [6.45, 7) is 1.12. The molecule has 0 aromatic heterocycles. The van der Waals surface area contributed by atoms with Crippen molar-refractivity contribution in [3.8, 4) is 0 Å². The minimum absolute atomic E-state index is 1.12. The molecule has 0 saturated carbocycles. The number of hydrogen-bond donors (Lipinski definition) is 1. The molecule has 0 radical (unpaired) electrons. The van der Waals surface area contributed by atoms with Crippen LogP contribution in [0.3, 0.4) is 0 Å². The molecule has 1 N–H and O–H groups in total. The largest absolute Gasteiger partial charge is 0.319 e. The molecule has 3 heteroatoms. The summed E-state index contributed by atoms with van der Waals surface area (Å²) in [7, 11) is 5.68. The van der Waals surface area contributed by atoms with Crippen LogP contribution in [0.25, 0.3) is 0 Å². The van der Waals surface area contributed by atoms with E-state index in [4.69, 9.17) is 0 Å². The Morgan fingerprint density at radius 3 is 2.71 bits per heavy atom. The van der Waals surface area contributed by atoms with E-state index >= 15 is 0 Å². The third-order valence-corrected chi connectivity index (χ3v) is 2.37. The molecule has 0 amide bonds. The first kappa shape index (κ1) is 7.66. The van der Waals surface area contributed by atoms with Crippen molar-refractivity contribution in [1.29, 1.82) is 0 Å². The maximum absolute atomic E-state index is 3.07. The van der Waals surface area contributed by atoms with Gasteiger partial charge in [0.2, 0.25) is 0 Å². The molecule has 0 fully saturated rings. The van der Waals surface area contributed by atoms with Crippen LogP contribution in [-0.2, 0) is 0 Å². The lowest BCUT2D eigenvalue weighted by atomic mass is 10.8. The van der Waals surface area contributed by atoms with Gasteiger partial charge in [-0.1, -0.05) is 21.6 Å². The minimum atomic E-state index is 1.12. The van der Waals surface area contributed by atoms with Gasteiger partial charge in [0.05, 0.1) is 0 Å². The van der Waals surface area contributed by atoms with E-state index in [0.717, 1.165) is 6.54 Å². The summed E-state index contributed by atoms with van der Waals surface area (Å²) < 4.78 is 0. The fraction of sp³-hybridized carbons (Fsp3) is 1.00. The van der Waals surface area contributed by atoms with Crippen LogP contribution in [0.2, 0.25) is 0 Å². The van der Waals surface area contributed by atoms with Crippen molar-refractivity contribution in [1.82, 2.24) is 5.32 Å². The molecule has 0 heterocycles. The summed E-state index contributed by atoms with van der Waals surface area (Å²) in [5.41, 5.74) is 0. The Morgan fingerprint density at radius 1 is 1.57 bits per heavy atom. The second-order valence-corrected chi connectivity index (χ2v) is 3.78. The van der Waals surface area contributed by atoms with E-state index in [-0.39, 0.29) is 0 Å². The highest BCUT2D eigenvalue weighted by atomic mass is 33.1. The van der Waals surface area contributed by atoms with Crippen molar-refractivity contribution >= 4 is 21.6 Å². The van der Waals surface area contributed by atoms with E-state index in [0.29, 0.717) is 0 Å². The summed E-state index contributed by atoms with van der Waals surface area (Å²) >= 11 is 0. The van der Waals surface area contributed by atoms with Crippen molar-refractivity contribution in [2.24, 2.45) is 0 Å². The monoisotopic (exact) mass is 137 g/mol. The van der Waals surface area contributed by atoms with Gasteiger partial charge in [0.25, 0.3) is 0 Å². The van der Waals surface area contributed by atoms with Crippen LogP contribution < -0.4 is 5.32 Å². The molecule has 0 aliphatic rings. The standard InChI is InChI=1S/C4H11NS2/c1-5-3-4-7-6-2/h5H,3-4H2,1-2H3. The van der Waals surface area contributed by atoms with E-state index in [1.807, 2.05) is 28.6 Å². The average Bonchev–Trinajstić information content (AvgIpc) is 1.69. The van der Waals surface area contributed by atoms with Gasteiger partial charge in [-0.05, 0) is 13.3 Å². The smallest absolute Gasteiger partial charge is 0.0162 e. The molecule has 0 aromatic rings. The first-order valence-electron chi connectivity index (χ1n) is 2.22. The number of rotatable bonds is 4. The maximum atomic E-state index is 3.07. The zero-order chi connectivity index (χ0) is 5.54. The molecular weight excluding hydrogens is 126 g/mol. The van der Waals surface area contributed by atoms with Crippen molar-refractivity contribution in [3.63, 3.8) is 0 Å². The maximum Gasteiger partial charge on any atom is 0.0162 e. The Bertz CT molecular complexity index is 28.9. The van der Waals surface area contributed by atoms with Crippen LogP contribution in [0.4, 0.5) is 0 Å². The number of nitrogens with one attached hydrogen (secondary N) is 1. The Morgan fingerprint density at radius 2 is 2.29 bits per heavy atom. The van der Waals surface area contributed by atoms with Crippen molar-refractivity contribution in [3.05, 3.63) is 0 Å². The van der Waals surface area contributed by atoms with Gasteiger partial charge < -0.3 is 5.32 Å². The van der Waals surface area contributed by atoms with Crippen molar-refractivity contribution < 1.29 is 0 Å². The molecule has 0 aromatic carbocycles. The van der Waals surface area contributed by atoms with Crippen LogP contribution in [0.5, 0.6) is 0 Å². The second kappa shape index (κ2) is 6.66. The molecule has 0 unspecified atom stereocenters. The SMILES string of the molecule is CNCCSSC. The van der Waals surface area contributed by atoms with Crippen LogP contribution in [0.1, 0.15) is 0 Å². The Kier molecular flexibility index (Phi) is 7.29. The molecule has 1 nitrogen and oxygen atoms in total. The molecule has 0 saturated heterocycles. The van der Waals surface area contributed by atoms with Gasteiger partial charge in [-0.25, -0.2) is 0 Å². The summed E-state index contributed by atoms with van der Waals surface area (Å²) in [4.78, 5) is 0. The van der Waals surface area contributed by atoms with Gasteiger partial charge in [-0.15, -0.1) is 0 Å². The molecule has 0 spiro atoms. The minimum Gasteiger partial charge on any atom is -0.319 e. The normalized spacial score (nSPS) is 9.43. The van der Waals surface area contributed by atoms with Crippen LogP contribution in [-0.4, -0.2) is 25.6 Å². The molecule has 0 rings (SSSR count). The fourth-order valence-electron chi connectivity index (χ4n) is 0.227. The second-order valence-electron chi connectivity index (χ2n) is 1.09. The third-order valence-electron chi connectivity index (χ3n) is 0.553. The van der Waals surface area contributed by atoms with Crippen LogP contribution >= 0.6 is 21.6 Å². The van der Waals surface area contributed by atoms with Crippen molar-refractivity contribution in [2.75, 3.05) is 25.6 Å². The summed E-state index contributed by atoms with van der Waals surface area (Å²) in [6.07, 6.45) is 2.10. The molecule has 7 heavy (non-hydrogen) atoms. The lowest BCUT2D eigenvalue weighted by Gasteiger charge is -1.92. The molecule has 0 aliphatic heterocycles. The lowest BCUT2D eigenvalue weighted by molar-refractivity contribution is 0.873. The van der Waals surface area contributed by atoms with Gasteiger partial charge in [0.15, 0.2) is 0 Å². The van der Waals surface area contributed by atoms with Gasteiger partial charge in [-0.3, -0.25) is 0 Å². The highest BCUT2D eigenvalue weighted by molar-refractivity contribution is 8.76. The van der Waals surface area contributed by atoms with Crippen LogP contribution in [0.15, 0.2) is 0 Å². The summed E-state index contributed by atoms with van der Waals surface area (Å²) in [5.74, 6) is 1.21. The predicted octanol–water partition coefficient (Wildman–Crippen LogP) is 1.22. The van der Waals surface area contributed by atoms with E-state index < -0.39 is 0 Å². The first-order valence-corrected chi connectivity index (χ1v) is 4.94. The van der Waals surface area contributed by atoms with Crippen molar-refractivity contribution in [2.45, 2.75) is 0 Å². The van der Waals surface area contributed by atoms with Gasteiger partial charge in [0, 0.05) is 12.3 Å². The molecule has 0 aliphatic carbocycles. The fourth-order valence-corrected chi connectivity index (χ4v) is 1.43. The van der Waals surface area contributed by atoms with E-state index in [1.54, 1.807) is 0 Å². The number of hydrogen-bond acceptors (Lipinski definition) is 3. The van der Waals surface area contributed by atoms with Gasteiger partial charge in [0.1, 0.15) is 0 Å². The zero-order valence-electron chi connectivity index (χ0n) is 4.73. The van der Waals surface area contributed by atoms with Crippen LogP contribution in [0, 0.1) is 0 Å². The molecule has 0 bridgehead atoms. The Labute approximate surface area is 53.0 Å². The molecule has 0 atom stereocenters. The molecule has 44 valence electrons. The highest BCUT2D eigenvalue weighted by Gasteiger charge is 1.79. The summed E-state index contributed by atoms with van der Waals surface area (Å²) in [6, 6.07) is 0. The van der Waals surface area contributed by atoms with Gasteiger partial charge in [-0.2, -0.15) is 0 Å². The predicted molar refractivity (Wildman–Crippen MR) is 39.9 cm³/mol. The topological polar surface area (TPSA) is 12.0 Å². The lowest BCUT2D eigenvalue weighted by Crippen LogP contribution is -2.08. The third kappa shape index (κ3) is 6.66. The van der Waals surface area contributed by atoms with E-state index in [9.17, 15) is 0 Å². The average molecular weight is 137 g/mol.